The zero-order valence-electron chi connectivity index (χ0n) is 22.6. The van der Waals surface area contributed by atoms with Crippen molar-refractivity contribution in [2.75, 3.05) is 0 Å². The first-order valence-corrected chi connectivity index (χ1v) is 15.4. The molecule has 0 amide bonds. The molecule has 3 N–H and O–H groups in total. The highest BCUT2D eigenvalue weighted by Gasteiger charge is 2.50. The van der Waals surface area contributed by atoms with Gasteiger partial charge < -0.3 is 19.6 Å². The van der Waals surface area contributed by atoms with Crippen molar-refractivity contribution in [3.63, 3.8) is 0 Å². The molecule has 0 aliphatic rings. The van der Waals surface area contributed by atoms with E-state index in [0.29, 0.717) is 16.8 Å². The first kappa shape index (κ1) is 31.3. The third kappa shape index (κ3) is 6.11. The summed E-state index contributed by atoms with van der Waals surface area (Å²) in [5.41, 5.74) is -3.41. The summed E-state index contributed by atoms with van der Waals surface area (Å²) in [6.45, 7) is 0. The predicted molar refractivity (Wildman–Crippen MR) is 156 cm³/mol. The number of aromatic nitrogens is 1. The van der Waals surface area contributed by atoms with Crippen molar-refractivity contribution in [3.8, 4) is 5.75 Å². The summed E-state index contributed by atoms with van der Waals surface area (Å²) in [5.74, 6) is -2.78. The first-order valence-electron chi connectivity index (χ1n) is 13.1. The van der Waals surface area contributed by atoms with E-state index in [1.54, 1.807) is 0 Å². The number of nitrogens with zero attached hydrogens (tertiary/aromatic N) is 1. The minimum atomic E-state index is -5.76. The van der Waals surface area contributed by atoms with Crippen molar-refractivity contribution in [2.45, 2.75) is 30.0 Å². The van der Waals surface area contributed by atoms with Crippen LogP contribution in [0.2, 0.25) is 0 Å². The number of hydrogen-bond acceptors (Lipinski definition) is 5. The van der Waals surface area contributed by atoms with E-state index in [9.17, 15) is 36.7 Å². The fourth-order valence-electron chi connectivity index (χ4n) is 5.11. The Bertz CT molecular complexity index is 1830. The maximum Gasteiger partial charge on any atom is 0.501 e. The number of carboxylic acid groups (broad SMARTS) is 1. The maximum absolute atomic E-state index is 14.4. The van der Waals surface area contributed by atoms with Gasteiger partial charge in [0.05, 0.1) is 10.4 Å². The van der Waals surface area contributed by atoms with Gasteiger partial charge in [-0.05, 0) is 59.3 Å². The van der Waals surface area contributed by atoms with Crippen molar-refractivity contribution in [2.24, 2.45) is 0 Å². The Hall–Kier alpha value is -4.09. The van der Waals surface area contributed by atoms with Gasteiger partial charge in [0.15, 0.2) is 0 Å². The molecule has 0 spiro atoms. The monoisotopic (exact) mass is 645 g/mol. The van der Waals surface area contributed by atoms with Crippen LogP contribution in [-0.4, -0.2) is 31.3 Å². The Kier molecular flexibility index (Phi) is 8.39. The van der Waals surface area contributed by atoms with E-state index in [1.165, 1.54) is 47.9 Å². The summed E-state index contributed by atoms with van der Waals surface area (Å²) in [6, 6.07) is 27.2. The lowest BCUT2D eigenvalue weighted by atomic mass is 9.68. The summed E-state index contributed by atoms with van der Waals surface area (Å²) in [5, 5.41) is 9.56. The van der Waals surface area contributed by atoms with Crippen molar-refractivity contribution in [3.05, 3.63) is 131 Å². The molecule has 228 valence electrons. The average molecular weight is 646 g/mol. The normalized spacial score (nSPS) is 13.9. The van der Waals surface area contributed by atoms with E-state index in [2.05, 4.69) is 4.74 Å². The zero-order chi connectivity index (χ0) is 31.8. The fraction of sp³-hybridized carbons (Fsp3) is 0.161. The Morgan fingerprint density at radius 3 is 1.89 bits per heavy atom. The molecule has 0 saturated heterocycles. The minimum Gasteiger partial charge on any atom is -0.474 e. The summed E-state index contributed by atoms with van der Waals surface area (Å²) >= 11 is 1.28. The van der Waals surface area contributed by atoms with Gasteiger partial charge in [0, 0.05) is 16.4 Å². The summed E-state index contributed by atoms with van der Waals surface area (Å²) in [7, 11) is -5.76. The van der Waals surface area contributed by atoms with E-state index in [1.807, 2.05) is 54.6 Å². The number of fused-ring (bicyclic) bond motifs is 1. The van der Waals surface area contributed by atoms with E-state index < -0.39 is 36.3 Å². The van der Waals surface area contributed by atoms with Crippen LogP contribution in [0.3, 0.4) is 0 Å². The minimum absolute atomic E-state index is 0.210. The van der Waals surface area contributed by atoms with Crippen LogP contribution < -0.4 is 4.74 Å². The molecule has 1 aromatic heterocycles. The summed E-state index contributed by atoms with van der Waals surface area (Å²) in [4.78, 5) is 29.2. The van der Waals surface area contributed by atoms with Crippen LogP contribution in [0, 0.1) is 0 Å². The number of hydrogen-bond donors (Lipinski definition) is 3. The smallest absolute Gasteiger partial charge is 0.474 e. The molecular formula is C31H24F4NO6PS. The predicted octanol–water partition coefficient (Wildman–Crippen LogP) is 7.35. The van der Waals surface area contributed by atoms with Crippen molar-refractivity contribution >= 4 is 35.2 Å². The fourth-order valence-corrected chi connectivity index (χ4v) is 6.46. The lowest BCUT2D eigenvalue weighted by molar-refractivity contribution is -0.210. The van der Waals surface area contributed by atoms with Gasteiger partial charge in [0.1, 0.15) is 5.75 Å². The first-order chi connectivity index (χ1) is 20.7. The van der Waals surface area contributed by atoms with Crippen LogP contribution in [0.15, 0.2) is 103 Å². The van der Waals surface area contributed by atoms with Gasteiger partial charge in [-0.1, -0.05) is 84.9 Å². The van der Waals surface area contributed by atoms with Crippen molar-refractivity contribution in [1.29, 1.82) is 0 Å². The highest BCUT2D eigenvalue weighted by molar-refractivity contribution is 7.52. The Labute approximate surface area is 252 Å². The molecule has 0 fully saturated rings. The van der Waals surface area contributed by atoms with E-state index in [4.69, 9.17) is 9.48 Å². The summed E-state index contributed by atoms with van der Waals surface area (Å²) < 4.78 is 77.6. The molecule has 0 saturated carbocycles. The Morgan fingerprint density at radius 2 is 1.32 bits per heavy atom. The van der Waals surface area contributed by atoms with Gasteiger partial charge in [-0.15, -0.1) is 0 Å². The molecule has 1 atom stereocenters. The van der Waals surface area contributed by atoms with Crippen molar-refractivity contribution < 1.29 is 46.6 Å². The molecular weight excluding hydrogens is 621 g/mol. The number of ether oxygens (including phenoxy) is 1. The number of rotatable bonds is 11. The van der Waals surface area contributed by atoms with E-state index >= 15 is 0 Å². The molecule has 4 aromatic carbocycles. The van der Waals surface area contributed by atoms with Crippen LogP contribution >= 0.6 is 19.1 Å². The second-order valence-electron chi connectivity index (χ2n) is 10.2. The molecule has 0 radical (unpaired) electrons. The molecule has 0 aliphatic heterocycles. The van der Waals surface area contributed by atoms with Crippen LogP contribution in [0.25, 0.3) is 10.1 Å². The van der Waals surface area contributed by atoms with Gasteiger partial charge in [-0.3, -0.25) is 4.57 Å². The standard InChI is InChI=1S/C31H24F4NO6PS/c32-30(33,28(37)38)42-24-16-12-21(13-17-24)19-29(22-6-2-1-3-7-22,27-25-8-4-5-9-26(25)44-36-27)18-20-10-14-23(15-11-20)31(34,35)43(39,40)41/h1-17H,18-19H2,(H,37,38)(H2,39,40,41). The number of carbonyl (C=O) groups is 1. The zero-order valence-corrected chi connectivity index (χ0v) is 24.3. The Morgan fingerprint density at radius 1 is 0.773 bits per heavy atom. The quantitative estimate of drug-likeness (QED) is 0.102. The van der Waals surface area contributed by atoms with E-state index in [0.717, 1.165) is 27.8 Å². The van der Waals surface area contributed by atoms with Gasteiger partial charge in [0.25, 0.3) is 0 Å². The van der Waals surface area contributed by atoms with Gasteiger partial charge in [-0.25, -0.2) is 4.79 Å². The van der Waals surface area contributed by atoms with Gasteiger partial charge in [-0.2, -0.15) is 21.9 Å². The average Bonchev–Trinajstić information content (AvgIpc) is 3.42. The number of halogens is 4. The summed E-state index contributed by atoms with van der Waals surface area (Å²) in [6.07, 6.45) is -3.96. The molecule has 5 aromatic rings. The van der Waals surface area contributed by atoms with Crippen LogP contribution in [-0.2, 0) is 33.3 Å². The van der Waals surface area contributed by atoms with Crippen LogP contribution in [0.5, 0.6) is 5.75 Å². The van der Waals surface area contributed by atoms with Crippen LogP contribution in [0.4, 0.5) is 17.6 Å². The molecule has 44 heavy (non-hydrogen) atoms. The molecule has 1 heterocycles. The largest absolute Gasteiger partial charge is 0.501 e. The van der Waals surface area contributed by atoms with Crippen molar-refractivity contribution in [1.82, 2.24) is 4.37 Å². The topological polar surface area (TPSA) is 117 Å². The van der Waals surface area contributed by atoms with Gasteiger partial charge >= 0.3 is 25.3 Å². The maximum atomic E-state index is 14.4. The number of carboxylic acids is 1. The molecule has 5 rings (SSSR count). The highest BCUT2D eigenvalue weighted by atomic mass is 32.1. The second-order valence-corrected chi connectivity index (χ2v) is 12.6. The van der Waals surface area contributed by atoms with Crippen LogP contribution in [0.1, 0.15) is 27.9 Å². The lowest BCUT2D eigenvalue weighted by Gasteiger charge is -2.34. The SMILES string of the molecule is O=C(O)C(F)(F)Oc1ccc(CC(Cc2ccc(C(F)(F)P(=O)(O)O)cc2)(c2ccccc2)c2nsc3ccccc23)cc1. The molecule has 1 unspecified atom stereocenters. The van der Waals surface area contributed by atoms with E-state index in [-0.39, 0.29) is 18.6 Å². The second kappa shape index (κ2) is 11.8. The number of benzene rings is 4. The molecule has 0 bridgehead atoms. The lowest BCUT2D eigenvalue weighted by Crippen LogP contribution is -2.35. The third-order valence-electron chi connectivity index (χ3n) is 7.25. The third-order valence-corrected chi connectivity index (χ3v) is 9.07. The number of aliphatic carboxylic acids is 1. The molecule has 13 heteroatoms. The highest BCUT2D eigenvalue weighted by Crippen LogP contribution is 2.59. The van der Waals surface area contributed by atoms with Gasteiger partial charge in [0.2, 0.25) is 0 Å². The molecule has 0 aliphatic carbocycles. The number of alkyl halides is 4. The molecule has 7 nitrogen and oxygen atoms in total. The Balaban J connectivity index is 1.63.